The Morgan fingerprint density at radius 1 is 1.42 bits per heavy atom. The van der Waals surface area contributed by atoms with Gasteiger partial charge in [0.25, 0.3) is 0 Å². The van der Waals surface area contributed by atoms with Crippen molar-refractivity contribution in [1.29, 1.82) is 0 Å². The Labute approximate surface area is 152 Å². The molecule has 0 aromatic heterocycles. The number of aliphatic hydroxyl groups is 1. The largest absolute Gasteiger partial charge is 0.472 e. The molecule has 1 spiro atoms. The van der Waals surface area contributed by atoms with Gasteiger partial charge in [0.05, 0.1) is 18.1 Å². The normalized spacial score (nSPS) is 53.3. The highest BCUT2D eigenvalue weighted by Gasteiger charge is 2.90. The van der Waals surface area contributed by atoms with Crippen molar-refractivity contribution in [3.05, 3.63) is 11.6 Å². The van der Waals surface area contributed by atoms with E-state index in [1.54, 1.807) is 6.92 Å². The molecular formula is C19H25NO6. The lowest BCUT2D eigenvalue weighted by Crippen LogP contribution is -2.66. The summed E-state index contributed by atoms with van der Waals surface area (Å²) in [5, 5.41) is 11.5. The number of nitrogens with zero attached hydrogens (tertiary/aromatic N) is 1. The van der Waals surface area contributed by atoms with Crippen LogP contribution in [0.3, 0.4) is 0 Å². The standard InChI is InChI=1S/C19H25NO6/c1-10-5-6-17(8-23-12(3)21)13(7-10)26-15-18(9-24-18)16(17,4)14-19(15,22)20-11(2)25-14/h7,13-15,22H,5-6,8-9H2,1-4H3/t13-,14-,15-,16+,17+,18+,19-/m1/s1. The number of fused-ring (bicyclic) bond motifs is 5. The van der Waals surface area contributed by atoms with Crippen LogP contribution in [-0.4, -0.2) is 59.8 Å². The minimum absolute atomic E-state index is 0.208. The van der Waals surface area contributed by atoms with Gasteiger partial charge >= 0.3 is 5.97 Å². The third-order valence-electron chi connectivity index (χ3n) is 7.48. The first-order valence-electron chi connectivity index (χ1n) is 9.25. The van der Waals surface area contributed by atoms with Gasteiger partial charge in [0.2, 0.25) is 5.72 Å². The molecule has 0 amide bonds. The van der Waals surface area contributed by atoms with E-state index < -0.39 is 34.4 Å². The predicted molar refractivity (Wildman–Crippen MR) is 90.4 cm³/mol. The lowest BCUT2D eigenvalue weighted by atomic mass is 9.51. The van der Waals surface area contributed by atoms with Crippen LogP contribution in [0.2, 0.25) is 0 Å². The number of carbonyl (C=O) groups is 1. The minimum Gasteiger partial charge on any atom is -0.472 e. The second kappa shape index (κ2) is 4.69. The van der Waals surface area contributed by atoms with Crippen molar-refractivity contribution in [3.63, 3.8) is 0 Å². The first-order valence-corrected chi connectivity index (χ1v) is 9.25. The number of aliphatic imine (C=N–C) groups is 1. The van der Waals surface area contributed by atoms with Gasteiger partial charge in [-0.1, -0.05) is 18.6 Å². The van der Waals surface area contributed by atoms with Crippen molar-refractivity contribution < 1.29 is 28.8 Å². The zero-order chi connectivity index (χ0) is 18.5. The Kier molecular flexibility index (Phi) is 3.02. The Bertz CT molecular complexity index is 757. The molecular weight excluding hydrogens is 338 g/mol. The average molecular weight is 363 g/mol. The third-order valence-corrected chi connectivity index (χ3v) is 7.48. The zero-order valence-electron chi connectivity index (χ0n) is 15.6. The molecule has 3 aliphatic heterocycles. The maximum Gasteiger partial charge on any atom is 0.302 e. The van der Waals surface area contributed by atoms with Crippen molar-refractivity contribution >= 4 is 11.9 Å². The molecule has 0 aromatic rings. The van der Waals surface area contributed by atoms with Crippen LogP contribution in [0.25, 0.3) is 0 Å². The van der Waals surface area contributed by atoms with Gasteiger partial charge in [0, 0.05) is 19.3 Å². The smallest absolute Gasteiger partial charge is 0.302 e. The highest BCUT2D eigenvalue weighted by Crippen LogP contribution is 2.75. The summed E-state index contributed by atoms with van der Waals surface area (Å²) < 4.78 is 24.1. The van der Waals surface area contributed by atoms with Crippen LogP contribution in [-0.2, 0) is 23.7 Å². The number of epoxide rings is 1. The monoisotopic (exact) mass is 363 g/mol. The van der Waals surface area contributed by atoms with Gasteiger partial charge in [-0.15, -0.1) is 0 Å². The average Bonchev–Trinajstić information content (AvgIpc) is 3.28. The summed E-state index contributed by atoms with van der Waals surface area (Å²) in [6.07, 6.45) is 2.29. The molecule has 5 rings (SSSR count). The predicted octanol–water partition coefficient (Wildman–Crippen LogP) is 1.34. The summed E-state index contributed by atoms with van der Waals surface area (Å²) in [5.41, 5.74) is -2.04. The van der Waals surface area contributed by atoms with Gasteiger partial charge in [-0.25, -0.2) is 4.99 Å². The van der Waals surface area contributed by atoms with Crippen molar-refractivity contribution in [1.82, 2.24) is 0 Å². The third kappa shape index (κ3) is 1.62. The Hall–Kier alpha value is -1.44. The molecule has 7 atom stereocenters. The number of allylic oxidation sites excluding steroid dienone is 1. The number of ether oxygens (including phenoxy) is 4. The van der Waals surface area contributed by atoms with Crippen LogP contribution < -0.4 is 0 Å². The van der Waals surface area contributed by atoms with Gasteiger partial charge in [0.1, 0.15) is 18.3 Å². The summed E-state index contributed by atoms with van der Waals surface area (Å²) in [5.74, 6) is 0.130. The SMILES string of the molecule is CC(=O)OC[C@@]12CCC(C)=C[C@H]1O[C@H]1[C@@]3(O)N=C(C)O[C@@H]3[C@]2(C)[C@]12CO2. The van der Waals surface area contributed by atoms with Gasteiger partial charge in [-0.2, -0.15) is 0 Å². The molecule has 3 heterocycles. The molecule has 7 heteroatoms. The second-order valence-electron chi connectivity index (χ2n) is 8.68. The molecule has 2 aliphatic carbocycles. The van der Waals surface area contributed by atoms with Crippen LogP contribution >= 0.6 is 0 Å². The van der Waals surface area contributed by atoms with Crippen LogP contribution in [0.1, 0.15) is 40.5 Å². The second-order valence-corrected chi connectivity index (χ2v) is 8.68. The molecule has 0 aromatic carbocycles. The lowest BCUT2D eigenvalue weighted by Gasteiger charge is -2.57. The van der Waals surface area contributed by atoms with E-state index in [0.29, 0.717) is 12.5 Å². The van der Waals surface area contributed by atoms with E-state index in [9.17, 15) is 9.90 Å². The van der Waals surface area contributed by atoms with Gasteiger partial charge in [-0.3, -0.25) is 4.79 Å². The van der Waals surface area contributed by atoms with Crippen LogP contribution in [0.5, 0.6) is 0 Å². The molecule has 2 saturated heterocycles. The molecule has 0 radical (unpaired) electrons. The maximum atomic E-state index is 11.6. The minimum atomic E-state index is -1.47. The van der Waals surface area contributed by atoms with Crippen LogP contribution in [0, 0.1) is 10.8 Å². The highest BCUT2D eigenvalue weighted by molar-refractivity contribution is 5.76. The van der Waals surface area contributed by atoms with Crippen LogP contribution in [0.4, 0.5) is 0 Å². The quantitative estimate of drug-likeness (QED) is 0.452. The van der Waals surface area contributed by atoms with E-state index in [1.807, 2.05) is 0 Å². The van der Waals surface area contributed by atoms with E-state index in [-0.39, 0.29) is 18.7 Å². The molecule has 142 valence electrons. The summed E-state index contributed by atoms with van der Waals surface area (Å²) in [6, 6.07) is 0. The molecule has 7 nitrogen and oxygen atoms in total. The fourth-order valence-electron chi connectivity index (χ4n) is 6.06. The molecule has 1 N–H and O–H groups in total. The highest BCUT2D eigenvalue weighted by atomic mass is 16.7. The van der Waals surface area contributed by atoms with Gasteiger partial charge < -0.3 is 24.1 Å². The summed E-state index contributed by atoms with van der Waals surface area (Å²) in [4.78, 5) is 16.1. The van der Waals surface area contributed by atoms with Crippen molar-refractivity contribution in [3.8, 4) is 0 Å². The number of hydrogen-bond donors (Lipinski definition) is 1. The molecule has 1 saturated carbocycles. The van der Waals surface area contributed by atoms with E-state index in [2.05, 4.69) is 24.9 Å². The number of carbonyl (C=O) groups excluding carboxylic acids is 1. The fraction of sp³-hybridized carbons (Fsp3) is 0.789. The van der Waals surface area contributed by atoms with Crippen molar-refractivity contribution in [2.45, 2.75) is 70.2 Å². The number of hydrogen-bond acceptors (Lipinski definition) is 7. The molecule has 5 aliphatic rings. The molecule has 3 fully saturated rings. The number of rotatable bonds is 2. The van der Waals surface area contributed by atoms with Crippen LogP contribution in [0.15, 0.2) is 16.6 Å². The lowest BCUT2D eigenvalue weighted by molar-refractivity contribution is -0.233. The first kappa shape index (κ1) is 16.7. The maximum absolute atomic E-state index is 11.6. The Morgan fingerprint density at radius 3 is 2.81 bits per heavy atom. The Morgan fingerprint density at radius 2 is 2.15 bits per heavy atom. The molecule has 26 heavy (non-hydrogen) atoms. The molecule has 0 unspecified atom stereocenters. The van der Waals surface area contributed by atoms with Crippen molar-refractivity contribution in [2.24, 2.45) is 15.8 Å². The van der Waals surface area contributed by atoms with Gasteiger partial charge in [0.15, 0.2) is 12.0 Å². The van der Waals surface area contributed by atoms with E-state index >= 15 is 0 Å². The summed E-state index contributed by atoms with van der Waals surface area (Å²) >= 11 is 0. The topological polar surface area (TPSA) is 89.9 Å². The van der Waals surface area contributed by atoms with Gasteiger partial charge in [-0.05, 0) is 19.8 Å². The van der Waals surface area contributed by atoms with E-state index in [4.69, 9.17) is 18.9 Å². The summed E-state index contributed by atoms with van der Waals surface area (Å²) in [6.45, 7) is 8.03. The fourth-order valence-corrected chi connectivity index (χ4v) is 6.06. The Balaban J connectivity index is 1.70. The zero-order valence-corrected chi connectivity index (χ0v) is 15.6. The first-order chi connectivity index (χ1) is 12.2. The van der Waals surface area contributed by atoms with E-state index in [0.717, 1.165) is 12.8 Å². The molecule has 2 bridgehead atoms. The number of esters is 1. The summed E-state index contributed by atoms with van der Waals surface area (Å²) in [7, 11) is 0. The van der Waals surface area contributed by atoms with Crippen molar-refractivity contribution in [2.75, 3.05) is 13.2 Å². The van der Waals surface area contributed by atoms with E-state index in [1.165, 1.54) is 12.5 Å².